The molecule has 112 valence electrons. The van der Waals surface area contributed by atoms with Gasteiger partial charge in [0.15, 0.2) is 13.9 Å². The van der Waals surface area contributed by atoms with Crippen molar-refractivity contribution in [1.29, 1.82) is 0 Å². The SMILES string of the molecule is CCOC(=O)C(C)(CCC=O)O[Si](C)(C)C(C)(C)C. The zero-order valence-electron chi connectivity index (χ0n) is 13.3. The van der Waals surface area contributed by atoms with Crippen LogP contribution in [0, 0.1) is 0 Å². The molecule has 0 aromatic heterocycles. The lowest BCUT2D eigenvalue weighted by Gasteiger charge is -2.42. The maximum absolute atomic E-state index is 12.1. The van der Waals surface area contributed by atoms with Gasteiger partial charge in [-0.05, 0) is 38.4 Å². The molecule has 0 radical (unpaired) electrons. The molecule has 0 aliphatic carbocycles. The smallest absolute Gasteiger partial charge is 0.336 e. The summed E-state index contributed by atoms with van der Waals surface area (Å²) < 4.78 is 11.3. The van der Waals surface area contributed by atoms with Gasteiger partial charge >= 0.3 is 5.97 Å². The molecule has 0 aliphatic heterocycles. The van der Waals surface area contributed by atoms with Gasteiger partial charge in [-0.3, -0.25) is 0 Å². The first-order valence-corrected chi connectivity index (χ1v) is 9.72. The molecule has 1 atom stereocenters. The highest BCUT2D eigenvalue weighted by molar-refractivity contribution is 6.74. The van der Waals surface area contributed by atoms with E-state index in [4.69, 9.17) is 9.16 Å². The van der Waals surface area contributed by atoms with Gasteiger partial charge in [0.1, 0.15) is 6.29 Å². The second-order valence-corrected chi connectivity index (χ2v) is 11.2. The van der Waals surface area contributed by atoms with Gasteiger partial charge in [-0.2, -0.15) is 0 Å². The van der Waals surface area contributed by atoms with Gasteiger partial charge in [0.2, 0.25) is 0 Å². The lowest BCUT2D eigenvalue weighted by atomic mass is 10.0. The summed E-state index contributed by atoms with van der Waals surface area (Å²) in [6, 6.07) is 0. The third-order valence-electron chi connectivity index (χ3n) is 3.73. The predicted molar refractivity (Wildman–Crippen MR) is 78.6 cm³/mol. The molecule has 0 fully saturated rings. The number of esters is 1. The average molecular weight is 288 g/mol. The average Bonchev–Trinajstić information content (AvgIpc) is 2.24. The first-order chi connectivity index (χ1) is 8.50. The van der Waals surface area contributed by atoms with Gasteiger partial charge in [-0.1, -0.05) is 20.8 Å². The molecule has 0 heterocycles. The van der Waals surface area contributed by atoms with Crippen molar-refractivity contribution in [3.05, 3.63) is 0 Å². The van der Waals surface area contributed by atoms with E-state index >= 15 is 0 Å². The van der Waals surface area contributed by atoms with Gasteiger partial charge < -0.3 is 14.0 Å². The molecule has 0 saturated carbocycles. The quantitative estimate of drug-likeness (QED) is 0.410. The van der Waals surface area contributed by atoms with Crippen molar-refractivity contribution >= 4 is 20.6 Å². The summed E-state index contributed by atoms with van der Waals surface area (Å²) in [4.78, 5) is 22.7. The molecular weight excluding hydrogens is 260 g/mol. The minimum Gasteiger partial charge on any atom is -0.464 e. The van der Waals surface area contributed by atoms with Crippen LogP contribution in [0.4, 0.5) is 0 Å². The third-order valence-corrected chi connectivity index (χ3v) is 8.31. The molecule has 0 N–H and O–H groups in total. The number of aldehydes is 1. The maximum atomic E-state index is 12.1. The van der Waals surface area contributed by atoms with Crippen molar-refractivity contribution in [2.24, 2.45) is 0 Å². The Morgan fingerprint density at radius 3 is 2.11 bits per heavy atom. The van der Waals surface area contributed by atoms with Crippen molar-refractivity contribution in [1.82, 2.24) is 0 Å². The molecule has 0 aromatic carbocycles. The second-order valence-electron chi connectivity index (χ2n) is 6.52. The molecule has 4 nitrogen and oxygen atoms in total. The van der Waals surface area contributed by atoms with Crippen LogP contribution in [-0.2, 0) is 18.8 Å². The zero-order valence-corrected chi connectivity index (χ0v) is 14.3. The summed E-state index contributed by atoms with van der Waals surface area (Å²) in [6.07, 6.45) is 1.47. The zero-order chi connectivity index (χ0) is 15.3. The van der Waals surface area contributed by atoms with E-state index < -0.39 is 13.9 Å². The molecule has 0 aliphatic rings. The van der Waals surface area contributed by atoms with Crippen LogP contribution in [0.5, 0.6) is 0 Å². The Bertz CT molecular complexity index is 320. The highest BCUT2D eigenvalue weighted by atomic mass is 28.4. The van der Waals surface area contributed by atoms with E-state index in [0.29, 0.717) is 19.4 Å². The molecule has 0 saturated heterocycles. The van der Waals surface area contributed by atoms with Gasteiger partial charge in [-0.15, -0.1) is 0 Å². The van der Waals surface area contributed by atoms with Crippen LogP contribution in [0.2, 0.25) is 18.1 Å². The van der Waals surface area contributed by atoms with Crippen molar-refractivity contribution in [2.75, 3.05) is 6.61 Å². The van der Waals surface area contributed by atoms with Gasteiger partial charge in [0.25, 0.3) is 0 Å². The van der Waals surface area contributed by atoms with Crippen LogP contribution in [-0.4, -0.2) is 32.8 Å². The standard InChI is InChI=1S/C14H28O4Si/c1-8-17-12(16)14(5,10-9-11-15)18-19(6,7)13(2,3)4/h11H,8-10H2,1-7H3. The Balaban J connectivity index is 5.15. The Morgan fingerprint density at radius 2 is 1.74 bits per heavy atom. The van der Waals surface area contributed by atoms with E-state index in [0.717, 1.165) is 6.29 Å². The summed E-state index contributed by atoms with van der Waals surface area (Å²) in [5.74, 6) is -0.373. The summed E-state index contributed by atoms with van der Waals surface area (Å²) in [6.45, 7) is 14.3. The van der Waals surface area contributed by atoms with Crippen LogP contribution in [0.3, 0.4) is 0 Å². The highest BCUT2D eigenvalue weighted by Gasteiger charge is 2.46. The lowest BCUT2D eigenvalue weighted by Crippen LogP contribution is -2.52. The van der Waals surface area contributed by atoms with Crippen LogP contribution >= 0.6 is 0 Å². The Kier molecular flexibility index (Phi) is 6.42. The predicted octanol–water partition coefficient (Wildman–Crippen LogP) is 3.31. The lowest BCUT2D eigenvalue weighted by molar-refractivity contribution is -0.162. The minimum absolute atomic E-state index is 0.00192. The van der Waals surface area contributed by atoms with Crippen LogP contribution in [0.1, 0.15) is 47.5 Å². The summed E-state index contributed by atoms with van der Waals surface area (Å²) in [7, 11) is -2.10. The minimum atomic E-state index is -2.10. The fraction of sp³-hybridized carbons (Fsp3) is 0.857. The van der Waals surface area contributed by atoms with E-state index in [1.807, 2.05) is 0 Å². The van der Waals surface area contributed by atoms with Crippen molar-refractivity contribution < 1.29 is 18.8 Å². The highest BCUT2D eigenvalue weighted by Crippen LogP contribution is 2.40. The Morgan fingerprint density at radius 1 is 1.21 bits per heavy atom. The monoisotopic (exact) mass is 288 g/mol. The fourth-order valence-electron chi connectivity index (χ4n) is 1.53. The number of rotatable bonds is 7. The molecule has 1 unspecified atom stereocenters. The molecule has 19 heavy (non-hydrogen) atoms. The molecular formula is C14H28O4Si. The fourth-order valence-corrected chi connectivity index (χ4v) is 3.15. The third kappa shape index (κ3) is 5.07. The summed E-state index contributed by atoms with van der Waals surface area (Å²) in [5, 5.41) is 0.00192. The molecule has 0 bridgehead atoms. The van der Waals surface area contributed by atoms with Gasteiger partial charge in [0, 0.05) is 6.42 Å². The van der Waals surface area contributed by atoms with E-state index in [2.05, 4.69) is 33.9 Å². The van der Waals surface area contributed by atoms with E-state index in [1.54, 1.807) is 13.8 Å². The molecule has 0 rings (SSSR count). The first kappa shape index (κ1) is 18.3. The summed E-state index contributed by atoms with van der Waals surface area (Å²) >= 11 is 0. The number of hydrogen-bond donors (Lipinski definition) is 0. The van der Waals surface area contributed by atoms with Gasteiger partial charge in [-0.25, -0.2) is 4.79 Å². The normalized spacial score (nSPS) is 15.7. The van der Waals surface area contributed by atoms with Crippen LogP contribution < -0.4 is 0 Å². The summed E-state index contributed by atoms with van der Waals surface area (Å²) in [5.41, 5.74) is -1.03. The maximum Gasteiger partial charge on any atom is 0.336 e. The number of carbonyl (C=O) groups is 2. The molecule has 0 spiro atoms. The van der Waals surface area contributed by atoms with E-state index in [1.165, 1.54) is 0 Å². The van der Waals surface area contributed by atoms with E-state index in [-0.39, 0.29) is 11.0 Å². The van der Waals surface area contributed by atoms with E-state index in [9.17, 15) is 9.59 Å². The topological polar surface area (TPSA) is 52.6 Å². The Hall–Kier alpha value is -0.683. The molecule has 0 aromatic rings. The number of hydrogen-bond acceptors (Lipinski definition) is 4. The van der Waals surface area contributed by atoms with Crippen molar-refractivity contribution in [3.8, 4) is 0 Å². The van der Waals surface area contributed by atoms with Crippen molar-refractivity contribution in [3.63, 3.8) is 0 Å². The second kappa shape index (κ2) is 6.66. The first-order valence-electron chi connectivity index (χ1n) is 6.81. The van der Waals surface area contributed by atoms with Crippen LogP contribution in [0.15, 0.2) is 0 Å². The van der Waals surface area contributed by atoms with Crippen LogP contribution in [0.25, 0.3) is 0 Å². The Labute approximate surface area is 118 Å². The molecule has 0 amide bonds. The molecule has 5 heteroatoms. The largest absolute Gasteiger partial charge is 0.464 e. The van der Waals surface area contributed by atoms with Crippen molar-refractivity contribution in [2.45, 2.75) is 71.2 Å². The number of carbonyl (C=O) groups excluding carboxylic acids is 2. The van der Waals surface area contributed by atoms with Gasteiger partial charge in [0.05, 0.1) is 6.61 Å². The number of ether oxygens (including phenoxy) is 1.